The second-order valence-electron chi connectivity index (χ2n) is 4.84. The minimum atomic E-state index is 0.0845. The number of piperidine rings is 1. The first-order chi connectivity index (χ1) is 8.61. The number of halogens is 1. The molecule has 1 aromatic carbocycles. The lowest BCUT2D eigenvalue weighted by atomic mass is 9.97. The largest absolute Gasteiger partial charge is 0.396 e. The molecule has 0 unspecified atom stereocenters. The van der Waals surface area contributed by atoms with Gasteiger partial charge in [0, 0.05) is 29.7 Å². The van der Waals surface area contributed by atoms with Gasteiger partial charge in [-0.05, 0) is 59.8 Å². The first kappa shape index (κ1) is 13.6. The summed E-state index contributed by atoms with van der Waals surface area (Å²) in [5, 5.41) is 9.13. The molecule has 1 aliphatic heterocycles. The number of hydrogen-bond acceptors (Lipinski definition) is 3. The molecule has 1 heterocycles. The first-order valence-electron chi connectivity index (χ1n) is 6.28. The fraction of sp³-hybridized carbons (Fsp3) is 0.500. The quantitative estimate of drug-likeness (QED) is 0.873. The Morgan fingerprint density at radius 1 is 1.44 bits per heavy atom. The maximum atomic E-state index is 11.3. The van der Waals surface area contributed by atoms with Crippen molar-refractivity contribution in [1.82, 2.24) is 0 Å². The Hall–Kier alpha value is -0.870. The van der Waals surface area contributed by atoms with E-state index in [4.69, 9.17) is 5.11 Å². The molecule has 0 amide bonds. The molecule has 1 N–H and O–H groups in total. The Bertz CT molecular complexity index is 439. The highest BCUT2D eigenvalue weighted by molar-refractivity contribution is 9.10. The van der Waals surface area contributed by atoms with Crippen LogP contribution < -0.4 is 4.90 Å². The van der Waals surface area contributed by atoms with Crippen LogP contribution in [0.4, 0.5) is 5.69 Å². The fourth-order valence-corrected chi connectivity index (χ4v) is 2.97. The van der Waals surface area contributed by atoms with Crippen LogP contribution in [0.1, 0.15) is 30.1 Å². The number of hydrogen-bond donors (Lipinski definition) is 1. The van der Waals surface area contributed by atoms with Crippen molar-refractivity contribution in [2.45, 2.75) is 19.8 Å². The maximum absolute atomic E-state index is 11.3. The number of nitrogens with zero attached hydrogens (tertiary/aromatic N) is 1. The molecule has 1 aliphatic rings. The number of aliphatic hydroxyl groups is 1. The Kier molecular flexibility index (Phi) is 4.40. The summed E-state index contributed by atoms with van der Waals surface area (Å²) in [6, 6.07) is 5.76. The molecule has 0 radical (unpaired) electrons. The molecule has 18 heavy (non-hydrogen) atoms. The van der Waals surface area contributed by atoms with Crippen molar-refractivity contribution in [2.75, 3.05) is 24.6 Å². The molecule has 0 atom stereocenters. The van der Waals surface area contributed by atoms with Gasteiger partial charge in [0.25, 0.3) is 0 Å². The number of rotatable bonds is 3. The van der Waals surface area contributed by atoms with Crippen molar-refractivity contribution >= 4 is 27.4 Å². The van der Waals surface area contributed by atoms with E-state index in [9.17, 15) is 4.79 Å². The van der Waals surface area contributed by atoms with Gasteiger partial charge in [-0.2, -0.15) is 0 Å². The van der Waals surface area contributed by atoms with Gasteiger partial charge in [-0.3, -0.25) is 4.79 Å². The molecule has 0 bridgehead atoms. The van der Waals surface area contributed by atoms with Crippen LogP contribution >= 0.6 is 15.9 Å². The predicted molar refractivity (Wildman–Crippen MR) is 76.2 cm³/mol. The van der Waals surface area contributed by atoms with Crippen LogP contribution in [0.25, 0.3) is 0 Å². The summed E-state index contributed by atoms with van der Waals surface area (Å²) in [7, 11) is 0. The van der Waals surface area contributed by atoms with Gasteiger partial charge in [0.05, 0.1) is 5.69 Å². The first-order valence-corrected chi connectivity index (χ1v) is 7.07. The summed E-state index contributed by atoms with van der Waals surface area (Å²) in [4.78, 5) is 13.6. The van der Waals surface area contributed by atoms with Gasteiger partial charge in [-0.15, -0.1) is 0 Å². The predicted octanol–water partition coefficient (Wildman–Crippen LogP) is 2.86. The molecule has 0 aromatic heterocycles. The SMILES string of the molecule is CC(=O)c1ccc(N2CCC(CO)CC2)c(Br)c1. The molecule has 1 saturated heterocycles. The minimum absolute atomic E-state index is 0.0845. The molecule has 0 spiro atoms. The van der Waals surface area contributed by atoms with Gasteiger partial charge in [0.1, 0.15) is 0 Å². The van der Waals surface area contributed by atoms with E-state index in [1.165, 1.54) is 0 Å². The van der Waals surface area contributed by atoms with Crippen molar-refractivity contribution in [2.24, 2.45) is 5.92 Å². The Labute approximate surface area is 116 Å². The van der Waals surface area contributed by atoms with Crippen LogP contribution in [0.3, 0.4) is 0 Å². The molecular formula is C14H18BrNO2. The summed E-state index contributed by atoms with van der Waals surface area (Å²) in [5.74, 6) is 0.526. The van der Waals surface area contributed by atoms with Crippen LogP contribution in [0.5, 0.6) is 0 Å². The molecule has 4 heteroatoms. The summed E-state index contributed by atoms with van der Waals surface area (Å²) < 4.78 is 0.970. The Morgan fingerprint density at radius 3 is 2.61 bits per heavy atom. The zero-order valence-corrected chi connectivity index (χ0v) is 12.1. The smallest absolute Gasteiger partial charge is 0.159 e. The Morgan fingerprint density at radius 2 is 2.11 bits per heavy atom. The highest BCUT2D eigenvalue weighted by atomic mass is 79.9. The molecule has 0 aliphatic carbocycles. The number of ketones is 1. The number of Topliss-reactive ketones (excluding diaryl/α,β-unsaturated/α-hetero) is 1. The molecule has 0 saturated carbocycles. The number of aliphatic hydroxyl groups excluding tert-OH is 1. The van der Waals surface area contributed by atoms with Gasteiger partial charge in [-0.1, -0.05) is 0 Å². The van der Waals surface area contributed by atoms with E-state index in [0.29, 0.717) is 5.92 Å². The number of benzene rings is 1. The van der Waals surface area contributed by atoms with Crippen molar-refractivity contribution in [1.29, 1.82) is 0 Å². The van der Waals surface area contributed by atoms with Gasteiger partial charge in [0.15, 0.2) is 5.78 Å². The van der Waals surface area contributed by atoms with Gasteiger partial charge in [-0.25, -0.2) is 0 Å². The monoisotopic (exact) mass is 311 g/mol. The van der Waals surface area contributed by atoms with E-state index in [1.54, 1.807) is 6.92 Å². The lowest BCUT2D eigenvalue weighted by Gasteiger charge is -2.33. The van der Waals surface area contributed by atoms with Crippen molar-refractivity contribution in [3.8, 4) is 0 Å². The summed E-state index contributed by atoms with van der Waals surface area (Å²) in [5.41, 5.74) is 1.87. The molecular weight excluding hydrogens is 294 g/mol. The molecule has 98 valence electrons. The second kappa shape index (κ2) is 5.85. The van der Waals surface area contributed by atoms with Crippen molar-refractivity contribution in [3.63, 3.8) is 0 Å². The van der Waals surface area contributed by atoms with Crippen LogP contribution in [-0.4, -0.2) is 30.6 Å². The van der Waals surface area contributed by atoms with Gasteiger partial charge >= 0.3 is 0 Å². The van der Waals surface area contributed by atoms with E-state index in [-0.39, 0.29) is 12.4 Å². The zero-order valence-electron chi connectivity index (χ0n) is 10.5. The number of anilines is 1. The molecule has 3 nitrogen and oxygen atoms in total. The zero-order chi connectivity index (χ0) is 13.1. The van der Waals surface area contributed by atoms with Crippen LogP contribution in [0.15, 0.2) is 22.7 Å². The van der Waals surface area contributed by atoms with Gasteiger partial charge in [0.2, 0.25) is 0 Å². The molecule has 1 aromatic rings. The minimum Gasteiger partial charge on any atom is -0.396 e. The lowest BCUT2D eigenvalue weighted by Crippen LogP contribution is -2.34. The van der Waals surface area contributed by atoms with Crippen LogP contribution in [0, 0.1) is 5.92 Å². The average Bonchev–Trinajstić information content (AvgIpc) is 2.38. The maximum Gasteiger partial charge on any atom is 0.159 e. The van der Waals surface area contributed by atoms with Crippen LogP contribution in [0.2, 0.25) is 0 Å². The summed E-state index contributed by atoms with van der Waals surface area (Å²) >= 11 is 3.54. The molecule has 1 fully saturated rings. The standard InChI is InChI=1S/C14H18BrNO2/c1-10(18)12-2-3-14(13(15)8-12)16-6-4-11(9-17)5-7-16/h2-3,8,11,17H,4-7,9H2,1H3. The Balaban J connectivity index is 2.12. The second-order valence-corrected chi connectivity index (χ2v) is 5.69. The van der Waals surface area contributed by atoms with E-state index < -0.39 is 0 Å². The third-order valence-corrected chi connectivity index (χ3v) is 4.20. The highest BCUT2D eigenvalue weighted by Crippen LogP contribution is 2.30. The molecule has 2 rings (SSSR count). The lowest BCUT2D eigenvalue weighted by molar-refractivity contribution is 0.101. The highest BCUT2D eigenvalue weighted by Gasteiger charge is 2.20. The third-order valence-electron chi connectivity index (χ3n) is 3.57. The van der Waals surface area contributed by atoms with Gasteiger partial charge < -0.3 is 10.0 Å². The number of carbonyl (C=O) groups is 1. The number of carbonyl (C=O) groups excluding carboxylic acids is 1. The van der Waals surface area contributed by atoms with Crippen molar-refractivity contribution in [3.05, 3.63) is 28.2 Å². The van der Waals surface area contributed by atoms with Crippen LogP contribution in [-0.2, 0) is 0 Å². The van der Waals surface area contributed by atoms with Crippen molar-refractivity contribution < 1.29 is 9.90 Å². The van der Waals surface area contributed by atoms with E-state index >= 15 is 0 Å². The van der Waals surface area contributed by atoms with E-state index in [1.807, 2.05) is 18.2 Å². The summed E-state index contributed by atoms with van der Waals surface area (Å²) in [6.07, 6.45) is 2.05. The average molecular weight is 312 g/mol. The van der Waals surface area contributed by atoms with E-state index in [2.05, 4.69) is 20.8 Å². The fourth-order valence-electron chi connectivity index (χ4n) is 2.34. The third kappa shape index (κ3) is 2.93. The normalized spacial score (nSPS) is 16.9. The topological polar surface area (TPSA) is 40.5 Å². The summed E-state index contributed by atoms with van der Waals surface area (Å²) in [6.45, 7) is 3.79. The van der Waals surface area contributed by atoms with E-state index in [0.717, 1.165) is 41.7 Å².